The maximum atomic E-state index is 13.7. The third-order valence-electron chi connectivity index (χ3n) is 6.53. The number of nitrogens with one attached hydrogen (secondary N) is 1. The van der Waals surface area contributed by atoms with E-state index in [1.165, 1.54) is 0 Å². The first-order valence-corrected chi connectivity index (χ1v) is 11.9. The van der Waals surface area contributed by atoms with Gasteiger partial charge in [-0.15, -0.1) is 0 Å². The number of imidazole rings is 1. The van der Waals surface area contributed by atoms with E-state index in [0.717, 1.165) is 5.56 Å². The number of benzene rings is 2. The van der Waals surface area contributed by atoms with E-state index in [1.54, 1.807) is 66.8 Å². The molecule has 188 valence electrons. The lowest BCUT2D eigenvalue weighted by molar-refractivity contribution is -0.126. The molecule has 5 rings (SSSR count). The van der Waals surface area contributed by atoms with Crippen molar-refractivity contribution in [1.29, 1.82) is 0 Å². The molecule has 9 heteroatoms. The van der Waals surface area contributed by atoms with Crippen molar-refractivity contribution >= 4 is 23.2 Å². The number of pyridine rings is 1. The number of piperidine rings is 1. The van der Waals surface area contributed by atoms with Crippen LogP contribution < -0.4 is 19.7 Å². The summed E-state index contributed by atoms with van der Waals surface area (Å²) in [5.41, 5.74) is 2.02. The Morgan fingerprint density at radius 3 is 2.51 bits per heavy atom. The quantitative estimate of drug-likeness (QED) is 0.406. The van der Waals surface area contributed by atoms with Gasteiger partial charge in [-0.3, -0.25) is 14.2 Å². The highest BCUT2D eigenvalue weighted by Crippen LogP contribution is 2.43. The fraction of sp³-hybridized carbons (Fsp3) is 0.214. The lowest BCUT2D eigenvalue weighted by atomic mass is 9.82. The summed E-state index contributed by atoms with van der Waals surface area (Å²) in [4.78, 5) is 37.2. The maximum Gasteiger partial charge on any atom is 0.229 e. The molecule has 37 heavy (non-hydrogen) atoms. The van der Waals surface area contributed by atoms with E-state index in [0.29, 0.717) is 35.1 Å². The van der Waals surface area contributed by atoms with Crippen LogP contribution in [0.15, 0.2) is 85.6 Å². The highest BCUT2D eigenvalue weighted by Gasteiger charge is 2.42. The van der Waals surface area contributed by atoms with E-state index >= 15 is 0 Å². The zero-order valence-corrected chi connectivity index (χ0v) is 20.6. The molecule has 0 unspecified atom stereocenters. The normalized spacial score (nSPS) is 17.4. The van der Waals surface area contributed by atoms with Gasteiger partial charge < -0.3 is 19.7 Å². The average Bonchev–Trinajstić information content (AvgIpc) is 3.48. The minimum atomic E-state index is -0.566. The number of aromatic nitrogens is 3. The summed E-state index contributed by atoms with van der Waals surface area (Å²) in [6.45, 7) is 0. The Morgan fingerprint density at radius 2 is 1.84 bits per heavy atom. The Balaban J connectivity index is 1.49. The van der Waals surface area contributed by atoms with Crippen molar-refractivity contribution in [2.75, 3.05) is 24.4 Å². The van der Waals surface area contributed by atoms with Crippen molar-refractivity contribution in [3.8, 4) is 17.3 Å². The molecule has 2 aromatic carbocycles. The van der Waals surface area contributed by atoms with E-state index in [4.69, 9.17) is 9.47 Å². The number of ether oxygens (including phenoxy) is 2. The molecule has 2 atom stereocenters. The molecule has 1 N–H and O–H groups in total. The van der Waals surface area contributed by atoms with Gasteiger partial charge in [-0.2, -0.15) is 0 Å². The third kappa shape index (κ3) is 4.88. The van der Waals surface area contributed by atoms with E-state index in [9.17, 15) is 9.59 Å². The van der Waals surface area contributed by atoms with Gasteiger partial charge in [-0.05, 0) is 48.9 Å². The minimum Gasteiger partial charge on any atom is -0.497 e. The molecule has 2 aromatic heterocycles. The minimum absolute atomic E-state index is 0.0588. The van der Waals surface area contributed by atoms with Crippen LogP contribution in [0.25, 0.3) is 5.82 Å². The summed E-state index contributed by atoms with van der Waals surface area (Å²) in [7, 11) is 3.18. The van der Waals surface area contributed by atoms with Crippen LogP contribution in [0.2, 0.25) is 0 Å². The van der Waals surface area contributed by atoms with Crippen LogP contribution in [0.4, 0.5) is 11.4 Å². The molecule has 1 aliphatic rings. The SMILES string of the molecule is COc1ccc(N2C(=O)CC[C@@H](C(=O)Nc3ccc(-n4ccnc4)nc3)[C@@H]2c2ccccc2OC)cc1. The molecule has 0 saturated carbocycles. The number of carbonyl (C=O) groups excluding carboxylic acids is 2. The van der Waals surface area contributed by atoms with Crippen molar-refractivity contribution in [3.63, 3.8) is 0 Å². The monoisotopic (exact) mass is 497 g/mol. The highest BCUT2D eigenvalue weighted by atomic mass is 16.5. The van der Waals surface area contributed by atoms with Crippen LogP contribution in [-0.4, -0.2) is 40.6 Å². The van der Waals surface area contributed by atoms with Crippen molar-refractivity contribution in [1.82, 2.24) is 14.5 Å². The van der Waals surface area contributed by atoms with E-state index in [-0.39, 0.29) is 18.2 Å². The molecule has 9 nitrogen and oxygen atoms in total. The number of hydrogen-bond donors (Lipinski definition) is 1. The second-order valence-corrected chi connectivity index (χ2v) is 8.66. The van der Waals surface area contributed by atoms with E-state index in [1.807, 2.05) is 42.5 Å². The number of anilines is 2. The number of nitrogens with zero attached hydrogens (tertiary/aromatic N) is 4. The molecule has 0 spiro atoms. The van der Waals surface area contributed by atoms with Gasteiger partial charge in [-0.25, -0.2) is 9.97 Å². The number of hydrogen-bond acceptors (Lipinski definition) is 6. The molecule has 1 saturated heterocycles. The molecule has 1 fully saturated rings. The molecule has 0 radical (unpaired) electrons. The number of carbonyl (C=O) groups is 2. The first-order chi connectivity index (χ1) is 18.1. The summed E-state index contributed by atoms with van der Waals surface area (Å²) in [5, 5.41) is 3.00. The first-order valence-electron chi connectivity index (χ1n) is 11.9. The lowest BCUT2D eigenvalue weighted by Gasteiger charge is -2.41. The average molecular weight is 498 g/mol. The second-order valence-electron chi connectivity index (χ2n) is 8.66. The van der Waals surface area contributed by atoms with Gasteiger partial charge >= 0.3 is 0 Å². The Kier molecular flexibility index (Phi) is 6.85. The Labute approximate surface area is 214 Å². The topological polar surface area (TPSA) is 98.6 Å². The Hall–Kier alpha value is -4.66. The van der Waals surface area contributed by atoms with Crippen molar-refractivity contribution in [2.24, 2.45) is 5.92 Å². The third-order valence-corrected chi connectivity index (χ3v) is 6.53. The summed E-state index contributed by atoms with van der Waals surface area (Å²) in [5.74, 6) is 1.21. The maximum absolute atomic E-state index is 13.7. The standard InChI is InChI=1S/C28H27N5O4/c1-36-21-10-8-20(9-11-21)33-26(34)14-12-23(27(33)22-5-3-4-6-24(22)37-2)28(35)31-19-7-13-25(30-17-19)32-16-15-29-18-32/h3-11,13,15-18,23,27H,12,14H2,1-2H3,(H,31,35)/t23-,27+/m1/s1. The van der Waals surface area contributed by atoms with Gasteiger partial charge in [-0.1, -0.05) is 18.2 Å². The molecule has 2 amide bonds. The lowest BCUT2D eigenvalue weighted by Crippen LogP contribution is -2.47. The number of amides is 2. The van der Waals surface area contributed by atoms with Gasteiger partial charge in [0.2, 0.25) is 11.8 Å². The Bertz CT molecular complexity index is 1370. The molecule has 0 aliphatic carbocycles. The Morgan fingerprint density at radius 1 is 1.03 bits per heavy atom. The molecular formula is C28H27N5O4. The van der Waals surface area contributed by atoms with Crippen LogP contribution in [0.3, 0.4) is 0 Å². The fourth-order valence-corrected chi connectivity index (χ4v) is 4.72. The van der Waals surface area contributed by atoms with Crippen LogP contribution in [0.5, 0.6) is 11.5 Å². The summed E-state index contributed by atoms with van der Waals surface area (Å²) >= 11 is 0. The van der Waals surface area contributed by atoms with E-state index < -0.39 is 12.0 Å². The van der Waals surface area contributed by atoms with Crippen molar-refractivity contribution in [2.45, 2.75) is 18.9 Å². The van der Waals surface area contributed by atoms with Crippen molar-refractivity contribution < 1.29 is 19.1 Å². The zero-order chi connectivity index (χ0) is 25.8. The number of methoxy groups -OCH3 is 2. The summed E-state index contributed by atoms with van der Waals surface area (Å²) in [6, 6.07) is 17.8. The fourth-order valence-electron chi connectivity index (χ4n) is 4.72. The second kappa shape index (κ2) is 10.5. The molecule has 0 bridgehead atoms. The van der Waals surface area contributed by atoms with E-state index in [2.05, 4.69) is 15.3 Å². The van der Waals surface area contributed by atoms with Crippen LogP contribution in [0.1, 0.15) is 24.4 Å². The highest BCUT2D eigenvalue weighted by molar-refractivity contribution is 6.00. The molecule has 4 aromatic rings. The van der Waals surface area contributed by atoms with Gasteiger partial charge in [0, 0.05) is 30.1 Å². The number of para-hydroxylation sites is 1. The predicted octanol–water partition coefficient (Wildman–Crippen LogP) is 4.41. The van der Waals surface area contributed by atoms with Gasteiger partial charge in [0.15, 0.2) is 0 Å². The zero-order valence-electron chi connectivity index (χ0n) is 20.6. The van der Waals surface area contributed by atoms with Gasteiger partial charge in [0.05, 0.1) is 38.1 Å². The number of rotatable bonds is 7. The molecule has 1 aliphatic heterocycles. The summed E-state index contributed by atoms with van der Waals surface area (Å²) in [6.07, 6.45) is 7.39. The predicted molar refractivity (Wildman–Crippen MR) is 139 cm³/mol. The van der Waals surface area contributed by atoms with Crippen LogP contribution in [0, 0.1) is 5.92 Å². The van der Waals surface area contributed by atoms with Gasteiger partial charge in [0.1, 0.15) is 23.6 Å². The van der Waals surface area contributed by atoms with Gasteiger partial charge in [0.25, 0.3) is 0 Å². The van der Waals surface area contributed by atoms with Crippen molar-refractivity contribution in [3.05, 3.63) is 91.1 Å². The molecular weight excluding hydrogens is 470 g/mol. The van der Waals surface area contributed by atoms with Crippen LogP contribution >= 0.6 is 0 Å². The smallest absolute Gasteiger partial charge is 0.229 e. The largest absolute Gasteiger partial charge is 0.497 e. The van der Waals surface area contributed by atoms with Crippen LogP contribution in [-0.2, 0) is 9.59 Å². The molecule has 3 heterocycles. The summed E-state index contributed by atoms with van der Waals surface area (Å²) < 4.78 is 12.7. The first kappa shape index (κ1) is 24.1.